The van der Waals surface area contributed by atoms with E-state index >= 15 is 0 Å². The first-order chi connectivity index (χ1) is 16.5. The van der Waals surface area contributed by atoms with Crippen molar-refractivity contribution in [3.63, 3.8) is 0 Å². The Morgan fingerprint density at radius 1 is 1.12 bits per heavy atom. The number of phenolic OH excluding ortho intramolecular Hbond substituents is 1. The van der Waals surface area contributed by atoms with Crippen LogP contribution in [-0.2, 0) is 11.3 Å². The van der Waals surface area contributed by atoms with Crippen molar-refractivity contribution in [1.29, 1.82) is 0 Å². The molecule has 2 amide bonds. The molecule has 2 aromatic heterocycles. The summed E-state index contributed by atoms with van der Waals surface area (Å²) in [4.78, 5) is 30.4. The lowest BCUT2D eigenvalue weighted by Crippen LogP contribution is -2.29. The number of aromatic hydroxyl groups is 1. The number of H-pyrrole nitrogens is 1. The number of nitrogens with two attached hydrogens (primary N) is 1. The third kappa shape index (κ3) is 3.83. The normalized spacial score (nSPS) is 14.8. The summed E-state index contributed by atoms with van der Waals surface area (Å²) in [5.41, 5.74) is 8.95. The van der Waals surface area contributed by atoms with E-state index < -0.39 is 11.9 Å². The highest BCUT2D eigenvalue weighted by Gasteiger charge is 2.42. The molecule has 0 aliphatic carbocycles. The number of hydrogen-bond acceptors (Lipinski definition) is 6. The van der Waals surface area contributed by atoms with Gasteiger partial charge in [-0.2, -0.15) is 5.10 Å². The van der Waals surface area contributed by atoms with Crippen LogP contribution in [0.4, 0.5) is 0 Å². The Morgan fingerprint density at radius 3 is 2.62 bits per heavy atom. The number of fused-ring (bicyclic) bond motifs is 1. The third-order valence-corrected chi connectivity index (χ3v) is 5.68. The average Bonchev–Trinajstić information content (AvgIpc) is 3.38. The lowest BCUT2D eigenvalue weighted by Gasteiger charge is -2.26. The molecule has 3 heterocycles. The Kier molecular flexibility index (Phi) is 5.43. The van der Waals surface area contributed by atoms with Crippen LogP contribution in [-0.4, -0.2) is 43.6 Å². The van der Waals surface area contributed by atoms with E-state index in [0.29, 0.717) is 34.8 Å². The molecule has 4 aromatic rings. The number of phenols is 1. The van der Waals surface area contributed by atoms with Gasteiger partial charge in [0.05, 0.1) is 6.04 Å². The van der Waals surface area contributed by atoms with Gasteiger partial charge in [0.1, 0.15) is 22.9 Å². The van der Waals surface area contributed by atoms with E-state index in [9.17, 15) is 14.7 Å². The molecule has 0 spiro atoms. The fraction of sp³-hybridized carbons (Fsp3) is 0.120. The smallest absolute Gasteiger partial charge is 0.273 e. The molecule has 1 atom stereocenters. The summed E-state index contributed by atoms with van der Waals surface area (Å²) in [6.07, 6.45) is 3.40. The number of primary amides is 1. The Labute approximate surface area is 194 Å². The summed E-state index contributed by atoms with van der Waals surface area (Å²) in [6, 6.07) is 17.3. The highest BCUT2D eigenvalue weighted by Crippen LogP contribution is 2.45. The molecule has 2 aromatic carbocycles. The van der Waals surface area contributed by atoms with Crippen LogP contribution in [0.2, 0.25) is 0 Å². The SMILES string of the molecule is NC(=O)COc1ccc([C@@H]2c3c(-c4ccccc4O)n[nH]c3C(=O)N2Cc2cccnc2)cc1. The summed E-state index contributed by atoms with van der Waals surface area (Å²) >= 11 is 0. The number of rotatable bonds is 7. The van der Waals surface area contributed by atoms with Gasteiger partial charge in [-0.15, -0.1) is 0 Å². The molecular weight excluding hydrogens is 434 g/mol. The Balaban J connectivity index is 1.59. The molecule has 0 saturated carbocycles. The van der Waals surface area contributed by atoms with Crippen LogP contribution in [0.25, 0.3) is 11.3 Å². The number of para-hydroxylation sites is 1. The third-order valence-electron chi connectivity index (χ3n) is 5.68. The number of aromatic nitrogens is 3. The second-order valence-electron chi connectivity index (χ2n) is 7.90. The topological polar surface area (TPSA) is 134 Å². The molecule has 0 bridgehead atoms. The molecule has 1 aliphatic heterocycles. The zero-order chi connectivity index (χ0) is 23.7. The van der Waals surface area contributed by atoms with Gasteiger partial charge in [-0.1, -0.05) is 30.3 Å². The lowest BCUT2D eigenvalue weighted by atomic mass is 9.95. The van der Waals surface area contributed by atoms with Gasteiger partial charge >= 0.3 is 0 Å². The summed E-state index contributed by atoms with van der Waals surface area (Å²) in [5.74, 6) is -0.210. The maximum absolute atomic E-state index is 13.5. The number of hydrogen-bond donors (Lipinski definition) is 3. The monoisotopic (exact) mass is 455 g/mol. The van der Waals surface area contributed by atoms with Crippen molar-refractivity contribution in [3.8, 4) is 22.8 Å². The maximum atomic E-state index is 13.5. The molecule has 5 rings (SSSR count). The predicted molar refractivity (Wildman–Crippen MR) is 123 cm³/mol. The van der Waals surface area contributed by atoms with Gasteiger partial charge in [0.25, 0.3) is 11.8 Å². The van der Waals surface area contributed by atoms with E-state index in [0.717, 1.165) is 11.1 Å². The second kappa shape index (κ2) is 8.70. The zero-order valence-electron chi connectivity index (χ0n) is 18.0. The number of nitrogens with zero attached hydrogens (tertiary/aromatic N) is 3. The van der Waals surface area contributed by atoms with Gasteiger partial charge in [0.2, 0.25) is 0 Å². The Morgan fingerprint density at radius 2 is 1.91 bits per heavy atom. The zero-order valence-corrected chi connectivity index (χ0v) is 18.0. The van der Waals surface area contributed by atoms with Gasteiger partial charge in [-0.05, 0) is 41.5 Å². The van der Waals surface area contributed by atoms with E-state index in [1.54, 1.807) is 53.7 Å². The largest absolute Gasteiger partial charge is 0.507 e. The van der Waals surface area contributed by atoms with Crippen LogP contribution in [0.1, 0.15) is 33.2 Å². The van der Waals surface area contributed by atoms with Crippen molar-refractivity contribution in [3.05, 3.63) is 95.4 Å². The Hall–Kier alpha value is -4.66. The molecule has 0 fully saturated rings. The highest BCUT2D eigenvalue weighted by atomic mass is 16.5. The quantitative estimate of drug-likeness (QED) is 0.392. The van der Waals surface area contributed by atoms with E-state index in [2.05, 4.69) is 15.2 Å². The molecule has 0 radical (unpaired) electrons. The molecule has 170 valence electrons. The highest BCUT2D eigenvalue weighted by molar-refractivity contribution is 6.00. The molecule has 0 unspecified atom stereocenters. The number of ether oxygens (including phenoxy) is 1. The van der Waals surface area contributed by atoms with Gasteiger partial charge < -0.3 is 20.5 Å². The molecule has 9 nitrogen and oxygen atoms in total. The summed E-state index contributed by atoms with van der Waals surface area (Å²) in [7, 11) is 0. The van der Waals surface area contributed by atoms with Crippen LogP contribution in [0.5, 0.6) is 11.5 Å². The summed E-state index contributed by atoms with van der Waals surface area (Å²) in [5, 5.41) is 17.7. The first kappa shape index (κ1) is 21.2. The van der Waals surface area contributed by atoms with Crippen LogP contribution in [0.15, 0.2) is 73.1 Å². The minimum Gasteiger partial charge on any atom is -0.507 e. The lowest BCUT2D eigenvalue weighted by molar-refractivity contribution is -0.119. The van der Waals surface area contributed by atoms with Gasteiger partial charge in [-0.25, -0.2) is 0 Å². The first-order valence-corrected chi connectivity index (χ1v) is 10.6. The van der Waals surface area contributed by atoms with Gasteiger partial charge in [-0.3, -0.25) is 19.7 Å². The standard InChI is InChI=1S/C25H21N5O4/c26-20(32)14-34-17-9-7-16(8-10-17)24-21-22(18-5-1-2-6-19(18)31)28-29-23(21)25(33)30(24)13-15-4-3-11-27-12-15/h1-12,24,31H,13-14H2,(H2,26,32)(H,28,29)/t24-/m1/s1. The van der Waals surface area contributed by atoms with Crippen molar-refractivity contribution in [2.24, 2.45) is 5.73 Å². The number of amides is 2. The van der Waals surface area contributed by atoms with Crippen LogP contribution in [0.3, 0.4) is 0 Å². The number of benzene rings is 2. The van der Waals surface area contributed by atoms with E-state index in [4.69, 9.17) is 10.5 Å². The second-order valence-corrected chi connectivity index (χ2v) is 7.90. The minimum atomic E-state index is -0.566. The van der Waals surface area contributed by atoms with Crippen LogP contribution < -0.4 is 10.5 Å². The van der Waals surface area contributed by atoms with E-state index in [1.165, 1.54) is 0 Å². The minimum absolute atomic E-state index is 0.0731. The predicted octanol–water partition coefficient (Wildman–Crippen LogP) is 2.79. The molecule has 4 N–H and O–H groups in total. The molecule has 9 heteroatoms. The van der Waals surface area contributed by atoms with Crippen molar-refractivity contribution in [2.75, 3.05) is 6.61 Å². The molecule has 0 saturated heterocycles. The van der Waals surface area contributed by atoms with E-state index in [-0.39, 0.29) is 18.3 Å². The number of pyridine rings is 1. The maximum Gasteiger partial charge on any atom is 0.273 e. The fourth-order valence-corrected chi connectivity index (χ4v) is 4.17. The Bertz CT molecular complexity index is 1350. The number of nitrogens with one attached hydrogen (secondary N) is 1. The fourth-order valence-electron chi connectivity index (χ4n) is 4.17. The molecule has 34 heavy (non-hydrogen) atoms. The van der Waals surface area contributed by atoms with Crippen molar-refractivity contribution in [1.82, 2.24) is 20.1 Å². The van der Waals surface area contributed by atoms with Crippen LogP contribution >= 0.6 is 0 Å². The molecular formula is C25H21N5O4. The molecule has 1 aliphatic rings. The number of carbonyl (C=O) groups excluding carboxylic acids is 2. The first-order valence-electron chi connectivity index (χ1n) is 10.6. The average molecular weight is 455 g/mol. The number of carbonyl (C=O) groups is 2. The summed E-state index contributed by atoms with van der Waals surface area (Å²) < 4.78 is 5.38. The summed E-state index contributed by atoms with van der Waals surface area (Å²) in [6.45, 7) is 0.109. The van der Waals surface area contributed by atoms with Gasteiger partial charge in [0, 0.05) is 30.1 Å². The van der Waals surface area contributed by atoms with Gasteiger partial charge in [0.15, 0.2) is 6.61 Å². The number of aromatic amines is 1. The van der Waals surface area contributed by atoms with Crippen LogP contribution in [0, 0.1) is 0 Å². The van der Waals surface area contributed by atoms with Crippen molar-refractivity contribution in [2.45, 2.75) is 12.6 Å². The van der Waals surface area contributed by atoms with Crippen molar-refractivity contribution < 1.29 is 19.4 Å². The van der Waals surface area contributed by atoms with Crippen molar-refractivity contribution >= 4 is 11.8 Å². The van der Waals surface area contributed by atoms with E-state index in [1.807, 2.05) is 24.3 Å².